The number of aromatic nitrogens is 3. The van der Waals surface area contributed by atoms with Crippen LogP contribution in [0.5, 0.6) is 0 Å². The third-order valence-corrected chi connectivity index (χ3v) is 8.53. The topological polar surface area (TPSA) is 160 Å². The SMILES string of the molecule is CC1(C(=O)O)C=CC=C(C(=O)O)C1.NCc1ccc(-c2nc(CNC(=O)c3ccccc3-c3ccnn3-c3ccccc3)cs2)cc1. The molecule has 0 spiro atoms. The molecule has 11 heteroatoms. The smallest absolute Gasteiger partial charge is 0.331 e. The van der Waals surface area contributed by atoms with Gasteiger partial charge >= 0.3 is 11.9 Å². The van der Waals surface area contributed by atoms with Gasteiger partial charge in [-0.3, -0.25) is 9.59 Å². The Morgan fingerprint density at radius 3 is 2.40 bits per heavy atom. The molecule has 1 aliphatic carbocycles. The molecule has 1 atom stereocenters. The van der Waals surface area contributed by atoms with Gasteiger partial charge in [-0.2, -0.15) is 5.10 Å². The molecule has 0 radical (unpaired) electrons. The van der Waals surface area contributed by atoms with E-state index in [2.05, 4.69) is 15.4 Å². The van der Waals surface area contributed by atoms with E-state index in [0.717, 1.165) is 38.8 Å². The van der Waals surface area contributed by atoms with Gasteiger partial charge in [0.15, 0.2) is 0 Å². The van der Waals surface area contributed by atoms with Gasteiger partial charge < -0.3 is 21.3 Å². The van der Waals surface area contributed by atoms with E-state index in [1.165, 1.54) is 25.2 Å². The second-order valence-corrected chi connectivity index (χ2v) is 11.9. The molecule has 0 bridgehead atoms. The number of benzene rings is 3. The molecule has 0 saturated heterocycles. The third kappa shape index (κ3) is 7.78. The maximum absolute atomic E-state index is 13.2. The standard InChI is InChI=1S/C27H23N5OS.C9H10O4/c28-16-19-10-12-20(13-11-19)27-31-21(18-34-27)17-29-26(33)24-9-5-4-8-23(24)25-14-15-30-32(25)22-6-2-1-3-7-22;1-9(8(12)13)4-2-3-6(5-9)7(10)11/h1-15,18H,16-17,28H2,(H,29,33);2-4H,5H2,1H3,(H,10,11)(H,12,13). The molecule has 5 N–H and O–H groups in total. The van der Waals surface area contributed by atoms with Crippen molar-refractivity contribution in [2.45, 2.75) is 26.4 Å². The van der Waals surface area contributed by atoms with Crippen LogP contribution in [-0.2, 0) is 22.7 Å². The molecule has 238 valence electrons. The first-order valence-corrected chi connectivity index (χ1v) is 15.6. The van der Waals surface area contributed by atoms with E-state index in [-0.39, 0.29) is 17.9 Å². The molecule has 0 aliphatic heterocycles. The second kappa shape index (κ2) is 14.6. The van der Waals surface area contributed by atoms with Crippen LogP contribution in [0.15, 0.2) is 120 Å². The van der Waals surface area contributed by atoms with E-state index in [1.807, 2.05) is 95.0 Å². The molecule has 2 aromatic heterocycles. The lowest BCUT2D eigenvalue weighted by Gasteiger charge is -2.23. The van der Waals surface area contributed by atoms with Crippen molar-refractivity contribution in [3.8, 4) is 27.5 Å². The number of amides is 1. The van der Waals surface area contributed by atoms with Crippen molar-refractivity contribution >= 4 is 29.2 Å². The van der Waals surface area contributed by atoms with Crippen molar-refractivity contribution in [3.63, 3.8) is 0 Å². The average molecular weight is 648 g/mol. The minimum absolute atomic E-state index is 0.0359. The highest BCUT2D eigenvalue weighted by Gasteiger charge is 2.34. The molecule has 0 saturated carbocycles. The number of carboxylic acid groups (broad SMARTS) is 2. The lowest BCUT2D eigenvalue weighted by molar-refractivity contribution is -0.145. The lowest BCUT2D eigenvalue weighted by Crippen LogP contribution is -2.28. The Kier molecular flexibility index (Phi) is 10.2. The highest BCUT2D eigenvalue weighted by atomic mass is 32.1. The van der Waals surface area contributed by atoms with E-state index >= 15 is 0 Å². The summed E-state index contributed by atoms with van der Waals surface area (Å²) in [6, 6.07) is 27.4. The molecule has 6 rings (SSSR count). The van der Waals surface area contributed by atoms with Crippen LogP contribution in [0, 0.1) is 5.41 Å². The van der Waals surface area contributed by atoms with Gasteiger partial charge in [0, 0.05) is 34.2 Å². The summed E-state index contributed by atoms with van der Waals surface area (Å²) in [4.78, 5) is 39.2. The second-order valence-electron chi connectivity index (χ2n) is 11.0. The van der Waals surface area contributed by atoms with Crippen molar-refractivity contribution in [2.24, 2.45) is 11.1 Å². The van der Waals surface area contributed by atoms with Crippen molar-refractivity contribution in [2.75, 3.05) is 0 Å². The largest absolute Gasteiger partial charge is 0.481 e. The minimum atomic E-state index is -1.08. The Morgan fingerprint density at radius 1 is 0.979 bits per heavy atom. The fraction of sp³-hybridized carbons (Fsp3) is 0.139. The van der Waals surface area contributed by atoms with Crippen molar-refractivity contribution < 1.29 is 24.6 Å². The number of hydrogen-bond donors (Lipinski definition) is 4. The van der Waals surface area contributed by atoms with Crippen LogP contribution in [0.25, 0.3) is 27.5 Å². The number of allylic oxidation sites excluding steroid dienone is 2. The summed E-state index contributed by atoms with van der Waals surface area (Å²) in [5.74, 6) is -2.22. The van der Waals surface area contributed by atoms with Crippen LogP contribution in [0.2, 0.25) is 0 Å². The van der Waals surface area contributed by atoms with Gasteiger partial charge in [0.05, 0.1) is 35.2 Å². The monoisotopic (exact) mass is 647 g/mol. The summed E-state index contributed by atoms with van der Waals surface area (Å²) in [7, 11) is 0. The van der Waals surface area contributed by atoms with E-state index in [4.69, 9.17) is 15.9 Å². The van der Waals surface area contributed by atoms with Gasteiger partial charge in [-0.25, -0.2) is 14.5 Å². The normalized spacial score (nSPS) is 15.2. The van der Waals surface area contributed by atoms with E-state index in [0.29, 0.717) is 18.7 Å². The predicted octanol–water partition coefficient (Wildman–Crippen LogP) is 6.10. The average Bonchev–Trinajstić information content (AvgIpc) is 3.79. The molecule has 0 fully saturated rings. The Bertz CT molecular complexity index is 1950. The summed E-state index contributed by atoms with van der Waals surface area (Å²) < 4.78 is 1.84. The van der Waals surface area contributed by atoms with Crippen molar-refractivity contribution in [3.05, 3.63) is 137 Å². The van der Waals surface area contributed by atoms with Crippen LogP contribution < -0.4 is 11.1 Å². The maximum atomic E-state index is 13.2. The van der Waals surface area contributed by atoms with Gasteiger partial charge in [0.25, 0.3) is 5.91 Å². The van der Waals surface area contributed by atoms with E-state index in [1.54, 1.807) is 17.5 Å². The number of carboxylic acids is 2. The number of nitrogens with zero attached hydrogens (tertiary/aromatic N) is 3. The zero-order valence-corrected chi connectivity index (χ0v) is 26.4. The minimum Gasteiger partial charge on any atom is -0.481 e. The molecule has 1 unspecified atom stereocenters. The van der Waals surface area contributed by atoms with Crippen LogP contribution >= 0.6 is 11.3 Å². The molecular formula is C36H33N5O5S. The Balaban J connectivity index is 0.000000281. The number of carbonyl (C=O) groups is 3. The summed E-state index contributed by atoms with van der Waals surface area (Å²) in [6.45, 7) is 2.37. The molecule has 3 aromatic carbocycles. The molecule has 10 nitrogen and oxygen atoms in total. The van der Waals surface area contributed by atoms with Gasteiger partial charge in [-0.1, -0.05) is 78.9 Å². The van der Waals surface area contributed by atoms with E-state index < -0.39 is 17.4 Å². The summed E-state index contributed by atoms with van der Waals surface area (Å²) >= 11 is 1.56. The first kappa shape index (κ1) is 32.7. The van der Waals surface area contributed by atoms with Crippen molar-refractivity contribution in [1.29, 1.82) is 0 Å². The first-order chi connectivity index (χ1) is 22.7. The summed E-state index contributed by atoms with van der Waals surface area (Å²) in [5, 5.41) is 27.9. The van der Waals surface area contributed by atoms with Crippen LogP contribution in [0.4, 0.5) is 0 Å². The Hall–Kier alpha value is -5.65. The number of rotatable bonds is 9. The number of aliphatic carboxylic acids is 2. The first-order valence-electron chi connectivity index (χ1n) is 14.7. The number of thiazole rings is 1. The molecule has 5 aromatic rings. The van der Waals surface area contributed by atoms with Crippen LogP contribution in [0.1, 0.15) is 35.0 Å². The number of nitrogens with one attached hydrogen (secondary N) is 1. The lowest BCUT2D eigenvalue weighted by atomic mass is 9.80. The molecule has 1 aliphatic rings. The molecular weight excluding hydrogens is 614 g/mol. The third-order valence-electron chi connectivity index (χ3n) is 7.59. The highest BCUT2D eigenvalue weighted by molar-refractivity contribution is 7.13. The zero-order valence-electron chi connectivity index (χ0n) is 25.5. The number of hydrogen-bond acceptors (Lipinski definition) is 7. The fourth-order valence-electron chi connectivity index (χ4n) is 4.94. The number of para-hydroxylation sites is 1. The van der Waals surface area contributed by atoms with E-state index in [9.17, 15) is 14.4 Å². The zero-order chi connectivity index (χ0) is 33.4. The number of carbonyl (C=O) groups excluding carboxylic acids is 1. The van der Waals surface area contributed by atoms with Crippen molar-refractivity contribution in [1.82, 2.24) is 20.1 Å². The summed E-state index contributed by atoms with van der Waals surface area (Å²) in [5.41, 5.74) is 10.9. The fourth-order valence-corrected chi connectivity index (χ4v) is 5.77. The van der Waals surface area contributed by atoms with Gasteiger partial charge in [-0.15, -0.1) is 11.3 Å². The number of nitrogens with two attached hydrogens (primary N) is 1. The predicted molar refractivity (Wildman–Crippen MR) is 181 cm³/mol. The maximum Gasteiger partial charge on any atom is 0.331 e. The molecule has 2 heterocycles. The quantitative estimate of drug-likeness (QED) is 0.149. The highest BCUT2D eigenvalue weighted by Crippen LogP contribution is 2.31. The van der Waals surface area contributed by atoms with Gasteiger partial charge in [-0.05, 0) is 43.2 Å². The Morgan fingerprint density at radius 2 is 1.70 bits per heavy atom. The Labute approximate surface area is 275 Å². The van der Waals surface area contributed by atoms with Crippen LogP contribution in [0.3, 0.4) is 0 Å². The molecule has 47 heavy (non-hydrogen) atoms. The van der Waals surface area contributed by atoms with Gasteiger partial charge in [0.2, 0.25) is 0 Å². The van der Waals surface area contributed by atoms with Crippen LogP contribution in [-0.4, -0.2) is 42.8 Å². The molecule has 1 amide bonds. The summed E-state index contributed by atoms with van der Waals surface area (Å²) in [6.07, 6.45) is 6.18. The van der Waals surface area contributed by atoms with Gasteiger partial charge in [0.1, 0.15) is 5.01 Å².